The number of rotatable bonds is 4. The van der Waals surface area contributed by atoms with E-state index in [1.165, 1.54) is 18.2 Å². The van der Waals surface area contributed by atoms with E-state index < -0.39 is 5.97 Å². The first-order valence-corrected chi connectivity index (χ1v) is 6.24. The second kappa shape index (κ2) is 8.15. The van der Waals surface area contributed by atoms with Gasteiger partial charge in [-0.25, -0.2) is 0 Å². The number of carbonyl (C=O) groups excluding carboxylic acids is 2. The van der Waals surface area contributed by atoms with Gasteiger partial charge in [-0.05, 0) is 23.8 Å². The number of hydrogen-bond donors (Lipinski definition) is 0. The second-order valence-electron chi connectivity index (χ2n) is 4.08. The van der Waals surface area contributed by atoms with Crippen molar-refractivity contribution in [2.24, 2.45) is 0 Å². The molecule has 0 aliphatic heterocycles. The quantitative estimate of drug-likeness (QED) is 0.439. The normalized spacial score (nSPS) is 10.1. The number of carboxylic acid groups (broad SMARTS) is 1. The van der Waals surface area contributed by atoms with Crippen molar-refractivity contribution in [2.45, 2.75) is 0 Å². The van der Waals surface area contributed by atoms with Crippen LogP contribution >= 0.6 is 11.6 Å². The summed E-state index contributed by atoms with van der Waals surface area (Å²) in [7, 11) is 0. The van der Waals surface area contributed by atoms with Crippen LogP contribution in [0.5, 0.6) is 0 Å². The summed E-state index contributed by atoms with van der Waals surface area (Å²) < 4.78 is 0. The Hall–Kier alpha value is -1.39. The molecule has 0 spiro atoms. The molecule has 0 aliphatic carbocycles. The number of benzene rings is 2. The molecular formula is C16H10ClNaO3. The van der Waals surface area contributed by atoms with E-state index in [9.17, 15) is 14.7 Å². The predicted molar refractivity (Wildman–Crippen MR) is 75.6 cm³/mol. The van der Waals surface area contributed by atoms with Gasteiger partial charge in [0.25, 0.3) is 0 Å². The topological polar surface area (TPSA) is 57.2 Å². The van der Waals surface area contributed by atoms with Crippen LogP contribution in [0.4, 0.5) is 0 Å². The summed E-state index contributed by atoms with van der Waals surface area (Å²) >= 11 is 5.76. The molecule has 100 valence electrons. The van der Waals surface area contributed by atoms with E-state index in [0.717, 1.165) is 5.56 Å². The molecule has 0 N–H and O–H groups in total. The number of carbonyl (C=O) groups is 2. The Morgan fingerprint density at radius 1 is 0.952 bits per heavy atom. The maximum atomic E-state index is 12.0. The average molecular weight is 309 g/mol. The van der Waals surface area contributed by atoms with Gasteiger partial charge < -0.3 is 9.90 Å². The Morgan fingerprint density at radius 3 is 2.10 bits per heavy atom. The van der Waals surface area contributed by atoms with E-state index in [2.05, 4.69) is 0 Å². The average Bonchev–Trinajstić information content (AvgIpc) is 2.46. The standard InChI is InChI=1S/C16H11ClO3.Na/c17-12-8-5-11(6-9-12)7-10-15(18)13-3-1-2-4-14(13)16(19)20;/h1-10H,(H,19,20);/q;+1/p-1. The van der Waals surface area contributed by atoms with Gasteiger partial charge in [-0.1, -0.05) is 54.1 Å². The SMILES string of the molecule is O=C([O-])c1ccccc1C(=O)C=Cc1ccc(Cl)cc1.[Na+]. The van der Waals surface area contributed by atoms with E-state index in [1.54, 1.807) is 42.5 Å². The number of carboxylic acids is 1. The third-order valence-electron chi connectivity index (χ3n) is 2.71. The molecule has 0 saturated carbocycles. The van der Waals surface area contributed by atoms with Crippen LogP contribution in [-0.2, 0) is 0 Å². The first-order chi connectivity index (χ1) is 9.58. The maximum Gasteiger partial charge on any atom is 1.00 e. The van der Waals surface area contributed by atoms with Gasteiger partial charge in [-0.3, -0.25) is 4.79 Å². The Morgan fingerprint density at radius 2 is 1.52 bits per heavy atom. The predicted octanol–water partition coefficient (Wildman–Crippen LogP) is -0.396. The molecule has 0 heterocycles. The molecular weight excluding hydrogens is 299 g/mol. The fourth-order valence-corrected chi connectivity index (χ4v) is 1.84. The molecule has 0 atom stereocenters. The van der Waals surface area contributed by atoms with Crippen LogP contribution in [0.1, 0.15) is 26.3 Å². The Balaban J connectivity index is 0.00000220. The maximum absolute atomic E-state index is 12.0. The second-order valence-corrected chi connectivity index (χ2v) is 4.52. The molecule has 2 rings (SSSR count). The van der Waals surface area contributed by atoms with E-state index in [-0.39, 0.29) is 46.5 Å². The van der Waals surface area contributed by atoms with Crippen LogP contribution in [0, 0.1) is 0 Å². The monoisotopic (exact) mass is 308 g/mol. The fourth-order valence-electron chi connectivity index (χ4n) is 1.71. The van der Waals surface area contributed by atoms with Gasteiger partial charge in [0.2, 0.25) is 0 Å². The summed E-state index contributed by atoms with van der Waals surface area (Å²) in [6.45, 7) is 0. The van der Waals surface area contributed by atoms with Crippen molar-refractivity contribution in [3.8, 4) is 0 Å². The minimum absolute atomic E-state index is 0. The summed E-state index contributed by atoms with van der Waals surface area (Å²) in [5.41, 5.74) is 0.796. The van der Waals surface area contributed by atoms with Crippen molar-refractivity contribution in [3.63, 3.8) is 0 Å². The summed E-state index contributed by atoms with van der Waals surface area (Å²) in [6, 6.07) is 12.9. The fraction of sp³-hybridized carbons (Fsp3) is 0. The van der Waals surface area contributed by atoms with Crippen LogP contribution in [0.3, 0.4) is 0 Å². The van der Waals surface area contributed by atoms with Gasteiger partial charge >= 0.3 is 29.6 Å². The van der Waals surface area contributed by atoms with Crippen molar-refractivity contribution < 1.29 is 44.3 Å². The van der Waals surface area contributed by atoms with Crippen LogP contribution in [-0.4, -0.2) is 11.8 Å². The number of hydrogen-bond acceptors (Lipinski definition) is 3. The third kappa shape index (κ3) is 4.83. The van der Waals surface area contributed by atoms with E-state index >= 15 is 0 Å². The van der Waals surface area contributed by atoms with Crippen LogP contribution < -0.4 is 34.7 Å². The van der Waals surface area contributed by atoms with Crippen LogP contribution in [0.2, 0.25) is 5.02 Å². The Kier molecular flexibility index (Phi) is 6.85. The van der Waals surface area contributed by atoms with Gasteiger partial charge in [0.05, 0.1) is 5.97 Å². The summed E-state index contributed by atoms with van der Waals surface area (Å²) in [4.78, 5) is 22.9. The summed E-state index contributed by atoms with van der Waals surface area (Å²) in [6.07, 6.45) is 2.93. The van der Waals surface area contributed by atoms with Gasteiger partial charge in [-0.15, -0.1) is 0 Å². The molecule has 0 fully saturated rings. The first-order valence-electron chi connectivity index (χ1n) is 5.86. The van der Waals surface area contributed by atoms with Gasteiger partial charge in [0.1, 0.15) is 0 Å². The number of halogens is 1. The van der Waals surface area contributed by atoms with Gasteiger partial charge in [0.15, 0.2) is 5.78 Å². The molecule has 0 radical (unpaired) electrons. The zero-order chi connectivity index (χ0) is 14.5. The van der Waals surface area contributed by atoms with Crippen molar-refractivity contribution in [3.05, 3.63) is 76.3 Å². The third-order valence-corrected chi connectivity index (χ3v) is 2.96. The molecule has 2 aromatic rings. The first kappa shape index (κ1) is 17.7. The van der Waals surface area contributed by atoms with E-state index in [4.69, 9.17) is 11.6 Å². The number of ketones is 1. The van der Waals surface area contributed by atoms with Crippen molar-refractivity contribution in [2.75, 3.05) is 0 Å². The molecule has 0 bridgehead atoms. The van der Waals surface area contributed by atoms with Crippen molar-refractivity contribution in [1.29, 1.82) is 0 Å². The van der Waals surface area contributed by atoms with Crippen molar-refractivity contribution >= 4 is 29.4 Å². The Labute approximate surface area is 149 Å². The zero-order valence-corrected chi connectivity index (χ0v) is 14.1. The molecule has 0 aromatic heterocycles. The van der Waals surface area contributed by atoms with Crippen LogP contribution in [0.15, 0.2) is 54.6 Å². The molecule has 0 amide bonds. The van der Waals surface area contributed by atoms with Crippen LogP contribution in [0.25, 0.3) is 6.08 Å². The van der Waals surface area contributed by atoms with E-state index in [0.29, 0.717) is 5.02 Å². The van der Waals surface area contributed by atoms with E-state index in [1.807, 2.05) is 0 Å². The Bertz CT molecular complexity index is 678. The smallest absolute Gasteiger partial charge is 0.545 e. The largest absolute Gasteiger partial charge is 1.00 e. The number of aromatic carboxylic acids is 1. The minimum Gasteiger partial charge on any atom is -0.545 e. The molecule has 0 unspecified atom stereocenters. The van der Waals surface area contributed by atoms with Crippen molar-refractivity contribution in [1.82, 2.24) is 0 Å². The minimum atomic E-state index is -1.37. The zero-order valence-electron chi connectivity index (χ0n) is 11.4. The molecule has 2 aromatic carbocycles. The summed E-state index contributed by atoms with van der Waals surface area (Å²) in [5.74, 6) is -1.76. The molecule has 21 heavy (non-hydrogen) atoms. The van der Waals surface area contributed by atoms with Gasteiger partial charge in [-0.2, -0.15) is 0 Å². The van der Waals surface area contributed by atoms with Gasteiger partial charge in [0, 0.05) is 16.1 Å². The summed E-state index contributed by atoms with van der Waals surface area (Å²) in [5, 5.41) is 11.5. The molecule has 5 heteroatoms. The molecule has 0 aliphatic rings. The number of allylic oxidation sites excluding steroid dienone is 1. The molecule has 3 nitrogen and oxygen atoms in total. The molecule has 0 saturated heterocycles.